The van der Waals surface area contributed by atoms with Crippen molar-refractivity contribution in [1.82, 2.24) is 0 Å². The highest BCUT2D eigenvalue weighted by Crippen LogP contribution is 2.08. The zero-order valence-electron chi connectivity index (χ0n) is 7.87. The van der Waals surface area contributed by atoms with Crippen molar-refractivity contribution in [1.29, 1.82) is 0 Å². The predicted octanol–water partition coefficient (Wildman–Crippen LogP) is 1.36. The number of rotatable bonds is 5. The molecule has 4 nitrogen and oxygen atoms in total. The van der Waals surface area contributed by atoms with E-state index < -0.39 is 11.9 Å². The average molecular weight is 186 g/mol. The second-order valence-corrected chi connectivity index (χ2v) is 2.60. The molecular weight excluding hydrogens is 172 g/mol. The molecule has 0 aromatic carbocycles. The van der Waals surface area contributed by atoms with Gasteiger partial charge in [0.05, 0.1) is 7.11 Å². The number of ether oxygens (including phenoxy) is 1. The molecule has 0 aliphatic rings. The zero-order chi connectivity index (χ0) is 10.3. The van der Waals surface area contributed by atoms with Gasteiger partial charge in [-0.2, -0.15) is 0 Å². The fourth-order valence-corrected chi connectivity index (χ4v) is 0.881. The first kappa shape index (κ1) is 11.7. The van der Waals surface area contributed by atoms with Crippen LogP contribution in [0.15, 0.2) is 11.6 Å². The molecule has 1 N–H and O–H groups in total. The molecular formula is C9H14O4. The third kappa shape index (κ3) is 5.00. The van der Waals surface area contributed by atoms with Crippen LogP contribution < -0.4 is 0 Å². The molecule has 0 aliphatic heterocycles. The van der Waals surface area contributed by atoms with E-state index in [1.807, 2.05) is 6.92 Å². The lowest BCUT2D eigenvalue weighted by Gasteiger charge is -2.02. The number of unbranched alkanes of at least 4 members (excludes halogenated alkanes) is 1. The van der Waals surface area contributed by atoms with E-state index in [2.05, 4.69) is 4.74 Å². The molecule has 4 heteroatoms. The van der Waals surface area contributed by atoms with Gasteiger partial charge in [-0.1, -0.05) is 13.3 Å². The SMILES string of the molecule is CCCC/C(=C\C(=O)O)C(=O)OC. The summed E-state index contributed by atoms with van der Waals surface area (Å²) in [5.41, 5.74) is 0.219. The second-order valence-electron chi connectivity index (χ2n) is 2.60. The maximum absolute atomic E-state index is 11.0. The second kappa shape index (κ2) is 6.22. The summed E-state index contributed by atoms with van der Waals surface area (Å²) in [5.74, 6) is -1.67. The van der Waals surface area contributed by atoms with Crippen molar-refractivity contribution in [2.24, 2.45) is 0 Å². The Bertz CT molecular complexity index is 218. The molecule has 0 aromatic heterocycles. The third-order valence-electron chi connectivity index (χ3n) is 1.54. The zero-order valence-corrected chi connectivity index (χ0v) is 7.87. The first-order valence-electron chi connectivity index (χ1n) is 4.13. The van der Waals surface area contributed by atoms with E-state index in [1.54, 1.807) is 0 Å². The van der Waals surface area contributed by atoms with Gasteiger partial charge in [-0.05, 0) is 12.8 Å². The number of carbonyl (C=O) groups is 2. The molecule has 13 heavy (non-hydrogen) atoms. The molecule has 0 radical (unpaired) electrons. The fraction of sp³-hybridized carbons (Fsp3) is 0.556. The van der Waals surface area contributed by atoms with Crippen LogP contribution in [0.5, 0.6) is 0 Å². The standard InChI is InChI=1S/C9H14O4/c1-3-4-5-7(6-8(10)11)9(12)13-2/h6H,3-5H2,1-2H3,(H,10,11)/b7-6+. The summed E-state index contributed by atoms with van der Waals surface area (Å²) in [6, 6.07) is 0. The van der Waals surface area contributed by atoms with Gasteiger partial charge in [0.2, 0.25) is 0 Å². The summed E-state index contributed by atoms with van der Waals surface area (Å²) < 4.78 is 4.44. The van der Waals surface area contributed by atoms with Gasteiger partial charge < -0.3 is 9.84 Å². The molecule has 0 rings (SSSR count). The summed E-state index contributed by atoms with van der Waals surface area (Å²) in [5, 5.41) is 8.44. The van der Waals surface area contributed by atoms with Crippen LogP contribution >= 0.6 is 0 Å². The Hall–Kier alpha value is -1.32. The number of carbonyl (C=O) groups excluding carboxylic acids is 1. The Morgan fingerprint density at radius 2 is 2.08 bits per heavy atom. The van der Waals surface area contributed by atoms with E-state index in [0.717, 1.165) is 18.9 Å². The number of aliphatic carboxylic acids is 1. The number of hydrogen-bond donors (Lipinski definition) is 1. The number of esters is 1. The van der Waals surface area contributed by atoms with Gasteiger partial charge in [0, 0.05) is 11.6 Å². The number of carboxylic acid groups (broad SMARTS) is 1. The summed E-state index contributed by atoms with van der Waals surface area (Å²) >= 11 is 0. The van der Waals surface area contributed by atoms with Crippen LogP contribution in [-0.4, -0.2) is 24.2 Å². The summed E-state index contributed by atoms with van der Waals surface area (Å²) in [6.07, 6.45) is 3.05. The highest BCUT2D eigenvalue weighted by atomic mass is 16.5. The number of methoxy groups -OCH3 is 1. The van der Waals surface area contributed by atoms with Gasteiger partial charge in [-0.15, -0.1) is 0 Å². The number of hydrogen-bond acceptors (Lipinski definition) is 3. The van der Waals surface area contributed by atoms with Crippen molar-refractivity contribution in [2.75, 3.05) is 7.11 Å². The highest BCUT2D eigenvalue weighted by Gasteiger charge is 2.10. The molecule has 0 unspecified atom stereocenters. The minimum absolute atomic E-state index is 0.219. The molecule has 0 fully saturated rings. The Morgan fingerprint density at radius 3 is 2.46 bits per heavy atom. The lowest BCUT2D eigenvalue weighted by Crippen LogP contribution is -2.07. The van der Waals surface area contributed by atoms with E-state index >= 15 is 0 Å². The van der Waals surface area contributed by atoms with Crippen molar-refractivity contribution in [2.45, 2.75) is 26.2 Å². The Balaban J connectivity index is 4.36. The molecule has 0 aliphatic carbocycles. The van der Waals surface area contributed by atoms with Crippen LogP contribution in [0.25, 0.3) is 0 Å². The monoisotopic (exact) mass is 186 g/mol. The van der Waals surface area contributed by atoms with E-state index in [0.29, 0.717) is 6.42 Å². The van der Waals surface area contributed by atoms with E-state index in [-0.39, 0.29) is 5.57 Å². The predicted molar refractivity (Wildman–Crippen MR) is 47.3 cm³/mol. The normalized spacial score (nSPS) is 11.1. The van der Waals surface area contributed by atoms with Crippen LogP contribution in [-0.2, 0) is 14.3 Å². The summed E-state index contributed by atoms with van der Waals surface area (Å²) in [7, 11) is 1.24. The summed E-state index contributed by atoms with van der Waals surface area (Å²) in [6.45, 7) is 1.97. The topological polar surface area (TPSA) is 63.6 Å². The maximum atomic E-state index is 11.0. The van der Waals surface area contributed by atoms with Crippen molar-refractivity contribution in [3.63, 3.8) is 0 Å². The quantitative estimate of drug-likeness (QED) is 0.520. The molecule has 0 spiro atoms. The van der Waals surface area contributed by atoms with E-state index in [1.165, 1.54) is 7.11 Å². The Kier molecular flexibility index (Phi) is 5.59. The third-order valence-corrected chi connectivity index (χ3v) is 1.54. The largest absolute Gasteiger partial charge is 0.478 e. The first-order chi connectivity index (χ1) is 6.11. The molecule has 0 amide bonds. The first-order valence-corrected chi connectivity index (χ1v) is 4.13. The van der Waals surface area contributed by atoms with Crippen LogP contribution in [0.4, 0.5) is 0 Å². The summed E-state index contributed by atoms with van der Waals surface area (Å²) in [4.78, 5) is 21.3. The molecule has 0 aromatic rings. The Morgan fingerprint density at radius 1 is 1.46 bits per heavy atom. The molecule has 0 bridgehead atoms. The maximum Gasteiger partial charge on any atom is 0.333 e. The molecule has 0 heterocycles. The number of carboxylic acids is 1. The minimum Gasteiger partial charge on any atom is -0.478 e. The van der Waals surface area contributed by atoms with Crippen LogP contribution in [0.1, 0.15) is 26.2 Å². The van der Waals surface area contributed by atoms with Gasteiger partial charge in [0.1, 0.15) is 0 Å². The van der Waals surface area contributed by atoms with Crippen molar-refractivity contribution in [3.05, 3.63) is 11.6 Å². The lowest BCUT2D eigenvalue weighted by atomic mass is 10.1. The van der Waals surface area contributed by atoms with Gasteiger partial charge in [-0.25, -0.2) is 9.59 Å². The van der Waals surface area contributed by atoms with Crippen LogP contribution in [0.3, 0.4) is 0 Å². The highest BCUT2D eigenvalue weighted by molar-refractivity contribution is 5.95. The van der Waals surface area contributed by atoms with Crippen LogP contribution in [0.2, 0.25) is 0 Å². The molecule has 0 saturated carbocycles. The van der Waals surface area contributed by atoms with Crippen molar-refractivity contribution in [3.8, 4) is 0 Å². The molecule has 0 atom stereocenters. The van der Waals surface area contributed by atoms with Crippen molar-refractivity contribution < 1.29 is 19.4 Å². The lowest BCUT2D eigenvalue weighted by molar-refractivity contribution is -0.137. The average Bonchev–Trinajstić information content (AvgIpc) is 2.10. The minimum atomic E-state index is -1.11. The van der Waals surface area contributed by atoms with Gasteiger partial charge in [0.25, 0.3) is 0 Å². The van der Waals surface area contributed by atoms with Gasteiger partial charge in [0.15, 0.2) is 0 Å². The van der Waals surface area contributed by atoms with E-state index in [4.69, 9.17) is 5.11 Å². The molecule has 0 saturated heterocycles. The van der Waals surface area contributed by atoms with Gasteiger partial charge >= 0.3 is 11.9 Å². The smallest absolute Gasteiger partial charge is 0.333 e. The Labute approximate surface area is 77.2 Å². The van der Waals surface area contributed by atoms with E-state index in [9.17, 15) is 9.59 Å². The van der Waals surface area contributed by atoms with Crippen LogP contribution in [0, 0.1) is 0 Å². The molecule has 74 valence electrons. The van der Waals surface area contributed by atoms with Gasteiger partial charge in [-0.3, -0.25) is 0 Å². The fourth-order valence-electron chi connectivity index (χ4n) is 0.881. The van der Waals surface area contributed by atoms with Crippen molar-refractivity contribution >= 4 is 11.9 Å².